The standard InChI is InChI=1S/C42H49ClN6O6/c1-42(2,3)55-41(53)44-26-27-7-9-30(10-8-27)36(50)25-34(38(51)45-35-17-15-31(16-18-35)37-46-40(43)48-47-37)24-28-5-4-6-33(23-28)29-11-13-32(14-12-29)39(52)49-19-21-54-22-20-49/h4-6,11-18,23,27,30,34H,7-10,19-22,24-26H2,1-3H3,(H,44,53)(H,45,51)(H,46,47,48)/t27?,30?,34-/m1/s1. The Hall–Kier alpha value is -5.07. The molecule has 1 aliphatic carbocycles. The van der Waals surface area contributed by atoms with Gasteiger partial charge in [-0.05, 0) is 123 Å². The average molecular weight is 769 g/mol. The highest BCUT2D eigenvalue weighted by molar-refractivity contribution is 6.28. The van der Waals surface area contributed by atoms with Gasteiger partial charge >= 0.3 is 6.09 Å². The van der Waals surface area contributed by atoms with E-state index in [0.29, 0.717) is 69.2 Å². The van der Waals surface area contributed by atoms with Crippen molar-refractivity contribution in [2.45, 2.75) is 64.9 Å². The van der Waals surface area contributed by atoms with Gasteiger partial charge in [0, 0.05) is 54.7 Å². The second-order valence-electron chi connectivity index (χ2n) is 15.4. The molecule has 0 spiro atoms. The largest absolute Gasteiger partial charge is 0.444 e. The Morgan fingerprint density at radius 2 is 1.62 bits per heavy atom. The van der Waals surface area contributed by atoms with Crippen LogP contribution in [0.4, 0.5) is 10.5 Å². The summed E-state index contributed by atoms with van der Waals surface area (Å²) in [5.74, 6) is -0.230. The van der Waals surface area contributed by atoms with Crippen LogP contribution in [-0.2, 0) is 25.5 Å². The van der Waals surface area contributed by atoms with Gasteiger partial charge in [0.15, 0.2) is 5.82 Å². The number of rotatable bonds is 12. The molecule has 3 N–H and O–H groups in total. The van der Waals surface area contributed by atoms with Crippen molar-refractivity contribution >= 4 is 41.0 Å². The van der Waals surface area contributed by atoms with E-state index in [1.807, 2.05) is 74.2 Å². The van der Waals surface area contributed by atoms with E-state index in [9.17, 15) is 19.2 Å². The van der Waals surface area contributed by atoms with Crippen molar-refractivity contribution in [3.63, 3.8) is 0 Å². The third kappa shape index (κ3) is 11.2. The number of H-pyrrole nitrogens is 1. The second kappa shape index (κ2) is 18.0. The zero-order valence-corrected chi connectivity index (χ0v) is 32.4. The van der Waals surface area contributed by atoms with Crippen molar-refractivity contribution in [3.05, 3.63) is 89.2 Å². The van der Waals surface area contributed by atoms with Crippen LogP contribution in [0.15, 0.2) is 72.8 Å². The minimum absolute atomic E-state index is 0.00934. The van der Waals surface area contributed by atoms with Gasteiger partial charge in [0.2, 0.25) is 11.2 Å². The molecule has 4 aromatic rings. The summed E-state index contributed by atoms with van der Waals surface area (Å²) in [6.07, 6.45) is 3.07. The van der Waals surface area contributed by atoms with Crippen molar-refractivity contribution in [2.75, 3.05) is 38.2 Å². The summed E-state index contributed by atoms with van der Waals surface area (Å²) < 4.78 is 10.8. The molecule has 1 saturated heterocycles. The Kier molecular flexibility index (Phi) is 13.0. The number of hydrogen-bond donors (Lipinski definition) is 3. The first kappa shape index (κ1) is 39.6. The van der Waals surface area contributed by atoms with Crippen molar-refractivity contribution in [1.29, 1.82) is 0 Å². The summed E-state index contributed by atoms with van der Waals surface area (Å²) in [7, 11) is 0. The second-order valence-corrected chi connectivity index (χ2v) is 15.7. The third-order valence-electron chi connectivity index (χ3n) is 10.1. The van der Waals surface area contributed by atoms with Gasteiger partial charge in [0.05, 0.1) is 13.2 Å². The number of benzene rings is 3. The lowest BCUT2D eigenvalue weighted by atomic mass is 9.77. The lowest BCUT2D eigenvalue weighted by Crippen LogP contribution is -2.40. The van der Waals surface area contributed by atoms with Crippen LogP contribution in [0, 0.1) is 17.8 Å². The molecular formula is C42H49ClN6O6. The number of anilines is 1. The smallest absolute Gasteiger partial charge is 0.407 e. The molecule has 3 aromatic carbocycles. The van der Waals surface area contributed by atoms with Gasteiger partial charge < -0.3 is 25.0 Å². The fourth-order valence-corrected chi connectivity index (χ4v) is 7.25. The van der Waals surface area contributed by atoms with E-state index >= 15 is 0 Å². The number of nitrogens with zero attached hydrogens (tertiary/aromatic N) is 3. The van der Waals surface area contributed by atoms with Crippen molar-refractivity contribution < 1.29 is 28.7 Å². The highest BCUT2D eigenvalue weighted by Gasteiger charge is 2.31. The molecule has 0 radical (unpaired) electrons. The number of aromatic nitrogens is 3. The number of hydrogen-bond acceptors (Lipinski definition) is 8. The summed E-state index contributed by atoms with van der Waals surface area (Å²) in [5.41, 5.74) is 4.21. The molecule has 55 heavy (non-hydrogen) atoms. The van der Waals surface area contributed by atoms with E-state index in [4.69, 9.17) is 21.1 Å². The fourth-order valence-electron chi connectivity index (χ4n) is 7.13. The zero-order chi connectivity index (χ0) is 39.0. The number of nitrogens with one attached hydrogen (secondary N) is 3. The molecule has 1 saturated carbocycles. The van der Waals surface area contributed by atoms with Crippen LogP contribution in [0.25, 0.3) is 22.5 Å². The molecule has 2 heterocycles. The van der Waals surface area contributed by atoms with E-state index in [-0.39, 0.29) is 41.1 Å². The van der Waals surface area contributed by atoms with Crippen LogP contribution in [-0.4, -0.2) is 82.2 Å². The molecule has 6 rings (SSSR count). The van der Waals surface area contributed by atoms with Gasteiger partial charge in [-0.25, -0.2) is 9.89 Å². The highest BCUT2D eigenvalue weighted by atomic mass is 35.5. The lowest BCUT2D eigenvalue weighted by molar-refractivity contribution is -0.129. The monoisotopic (exact) mass is 768 g/mol. The summed E-state index contributed by atoms with van der Waals surface area (Å²) in [5, 5.41) is 12.8. The molecule has 13 heteroatoms. The Morgan fingerprint density at radius 1 is 0.927 bits per heavy atom. The number of aromatic amines is 1. The number of carbonyl (C=O) groups is 4. The Labute approximate surface area is 326 Å². The van der Waals surface area contributed by atoms with Crippen LogP contribution in [0.5, 0.6) is 0 Å². The van der Waals surface area contributed by atoms with E-state index < -0.39 is 17.6 Å². The van der Waals surface area contributed by atoms with E-state index in [1.165, 1.54) is 0 Å². The van der Waals surface area contributed by atoms with Gasteiger partial charge in [0.25, 0.3) is 5.91 Å². The van der Waals surface area contributed by atoms with E-state index in [2.05, 4.69) is 25.8 Å². The van der Waals surface area contributed by atoms with Crippen molar-refractivity contribution in [1.82, 2.24) is 25.4 Å². The van der Waals surface area contributed by atoms with Crippen LogP contribution in [0.1, 0.15) is 68.8 Å². The normalized spacial score (nSPS) is 17.9. The molecule has 12 nitrogen and oxygen atoms in total. The Balaban J connectivity index is 1.12. The summed E-state index contributed by atoms with van der Waals surface area (Å²) in [6.45, 7) is 8.25. The minimum Gasteiger partial charge on any atom is -0.444 e. The van der Waals surface area contributed by atoms with Gasteiger partial charge in [-0.2, -0.15) is 10.1 Å². The maximum atomic E-state index is 14.0. The van der Waals surface area contributed by atoms with E-state index in [0.717, 1.165) is 35.1 Å². The zero-order valence-electron chi connectivity index (χ0n) is 31.6. The van der Waals surface area contributed by atoms with Crippen LogP contribution in [0.2, 0.25) is 5.28 Å². The predicted molar refractivity (Wildman–Crippen MR) is 211 cm³/mol. The quantitative estimate of drug-likeness (QED) is 0.135. The maximum absolute atomic E-state index is 14.0. The summed E-state index contributed by atoms with van der Waals surface area (Å²) >= 11 is 5.90. The molecule has 1 aliphatic heterocycles. The maximum Gasteiger partial charge on any atom is 0.407 e. The lowest BCUT2D eigenvalue weighted by Gasteiger charge is -2.29. The number of amides is 3. The molecule has 1 aromatic heterocycles. The summed E-state index contributed by atoms with van der Waals surface area (Å²) in [4.78, 5) is 58.9. The van der Waals surface area contributed by atoms with Crippen molar-refractivity contribution in [3.8, 4) is 22.5 Å². The molecular weight excluding hydrogens is 720 g/mol. The van der Waals surface area contributed by atoms with Gasteiger partial charge in [-0.1, -0.05) is 36.4 Å². The minimum atomic E-state index is -0.616. The fraction of sp³-hybridized carbons (Fsp3) is 0.429. The Bertz CT molecular complexity index is 1940. The number of ether oxygens (including phenoxy) is 2. The molecule has 0 bridgehead atoms. The highest BCUT2D eigenvalue weighted by Crippen LogP contribution is 2.32. The first-order valence-electron chi connectivity index (χ1n) is 19.0. The summed E-state index contributed by atoms with van der Waals surface area (Å²) in [6, 6.07) is 22.7. The van der Waals surface area contributed by atoms with Gasteiger partial charge in [0.1, 0.15) is 11.4 Å². The number of Topliss-reactive ketones (excluding diaryl/α,β-unsaturated/α-hetero) is 1. The number of halogens is 1. The first-order valence-corrected chi connectivity index (χ1v) is 19.3. The molecule has 290 valence electrons. The van der Waals surface area contributed by atoms with Gasteiger partial charge in [-0.3, -0.25) is 14.4 Å². The predicted octanol–water partition coefficient (Wildman–Crippen LogP) is 7.35. The van der Waals surface area contributed by atoms with E-state index in [1.54, 1.807) is 24.3 Å². The molecule has 0 unspecified atom stereocenters. The van der Waals surface area contributed by atoms with Crippen LogP contribution >= 0.6 is 11.6 Å². The van der Waals surface area contributed by atoms with Gasteiger partial charge in [-0.15, -0.1) is 0 Å². The Morgan fingerprint density at radius 3 is 2.27 bits per heavy atom. The number of alkyl carbamates (subject to hydrolysis) is 1. The van der Waals surface area contributed by atoms with Crippen LogP contribution in [0.3, 0.4) is 0 Å². The molecule has 2 fully saturated rings. The number of carbonyl (C=O) groups excluding carboxylic acids is 4. The average Bonchev–Trinajstić information content (AvgIpc) is 3.63. The van der Waals surface area contributed by atoms with Crippen LogP contribution < -0.4 is 10.6 Å². The topological polar surface area (TPSA) is 156 Å². The molecule has 3 amide bonds. The third-order valence-corrected chi connectivity index (χ3v) is 10.3. The van der Waals surface area contributed by atoms with Crippen molar-refractivity contribution in [2.24, 2.45) is 17.8 Å². The molecule has 2 aliphatic rings. The number of ketones is 1. The SMILES string of the molecule is CC(C)(C)OC(=O)NCC1CCC(C(=O)C[C@@H](Cc2cccc(-c3ccc(C(=O)N4CCOCC4)cc3)c2)C(=O)Nc2ccc(-c3n[nH]c(Cl)n3)cc2)CC1. The number of morpholine rings is 1. The molecule has 1 atom stereocenters. The first-order chi connectivity index (χ1) is 26.4.